The standard InChI is InChI=1S/C20H25ClN2O5S/c1-14-6-5-7-17(12-14)28-11-10-22-20(24)15(2)23(29(4,25)26)18-13-16(21)8-9-19(18)27-3/h5-9,12-13,15H,10-11H2,1-4H3,(H,22,24). The van der Waals surface area contributed by atoms with Gasteiger partial charge in [0.25, 0.3) is 0 Å². The van der Waals surface area contributed by atoms with Crippen LogP contribution in [0.5, 0.6) is 11.5 Å². The zero-order chi connectivity index (χ0) is 21.6. The van der Waals surface area contributed by atoms with Gasteiger partial charge in [0.05, 0.1) is 25.6 Å². The normalized spacial score (nSPS) is 12.2. The van der Waals surface area contributed by atoms with Gasteiger partial charge in [-0.25, -0.2) is 8.42 Å². The summed E-state index contributed by atoms with van der Waals surface area (Å²) in [5.41, 5.74) is 1.26. The maximum atomic E-state index is 12.6. The van der Waals surface area contributed by atoms with E-state index in [1.807, 2.05) is 31.2 Å². The molecule has 2 aromatic rings. The van der Waals surface area contributed by atoms with Crippen LogP contribution in [0, 0.1) is 6.92 Å². The largest absolute Gasteiger partial charge is 0.495 e. The van der Waals surface area contributed by atoms with E-state index in [0.717, 1.165) is 16.1 Å². The molecule has 0 spiro atoms. The summed E-state index contributed by atoms with van der Waals surface area (Å²) in [5.74, 6) is 0.529. The van der Waals surface area contributed by atoms with E-state index >= 15 is 0 Å². The summed E-state index contributed by atoms with van der Waals surface area (Å²) >= 11 is 6.03. The van der Waals surface area contributed by atoms with Crippen LogP contribution in [0.4, 0.5) is 5.69 Å². The first-order chi connectivity index (χ1) is 13.6. The van der Waals surface area contributed by atoms with Crippen LogP contribution in [0.15, 0.2) is 42.5 Å². The Kier molecular flexibility index (Phi) is 7.75. The smallest absolute Gasteiger partial charge is 0.243 e. The van der Waals surface area contributed by atoms with Crippen LogP contribution >= 0.6 is 11.6 Å². The number of hydrogen-bond acceptors (Lipinski definition) is 5. The van der Waals surface area contributed by atoms with Crippen molar-refractivity contribution in [2.75, 3.05) is 30.8 Å². The molecule has 0 aliphatic rings. The van der Waals surface area contributed by atoms with Crippen molar-refractivity contribution in [2.24, 2.45) is 0 Å². The third-order valence-electron chi connectivity index (χ3n) is 4.13. The Labute approximate surface area is 176 Å². The molecule has 1 atom stereocenters. The molecule has 1 N–H and O–H groups in total. The molecule has 0 bridgehead atoms. The number of rotatable bonds is 9. The molecule has 0 saturated carbocycles. The maximum absolute atomic E-state index is 12.6. The first-order valence-electron chi connectivity index (χ1n) is 8.93. The predicted octanol–water partition coefficient (Wildman–Crippen LogP) is 3.01. The van der Waals surface area contributed by atoms with E-state index in [-0.39, 0.29) is 18.8 Å². The number of methoxy groups -OCH3 is 1. The minimum Gasteiger partial charge on any atom is -0.495 e. The van der Waals surface area contributed by atoms with E-state index in [4.69, 9.17) is 21.1 Å². The number of sulfonamides is 1. The van der Waals surface area contributed by atoms with E-state index in [9.17, 15) is 13.2 Å². The molecule has 0 fully saturated rings. The highest BCUT2D eigenvalue weighted by atomic mass is 35.5. The highest BCUT2D eigenvalue weighted by Gasteiger charge is 2.31. The summed E-state index contributed by atoms with van der Waals surface area (Å²) in [4.78, 5) is 12.6. The average molecular weight is 441 g/mol. The van der Waals surface area contributed by atoms with Gasteiger partial charge in [-0.05, 0) is 49.7 Å². The molecule has 9 heteroatoms. The van der Waals surface area contributed by atoms with Crippen molar-refractivity contribution in [3.63, 3.8) is 0 Å². The van der Waals surface area contributed by atoms with Gasteiger partial charge in [0.2, 0.25) is 15.9 Å². The molecule has 0 aliphatic carbocycles. The van der Waals surface area contributed by atoms with E-state index in [1.54, 1.807) is 12.1 Å². The Morgan fingerprint density at radius 3 is 2.59 bits per heavy atom. The van der Waals surface area contributed by atoms with Crippen LogP contribution in [0.2, 0.25) is 5.02 Å². The number of hydrogen-bond donors (Lipinski definition) is 1. The monoisotopic (exact) mass is 440 g/mol. The van der Waals surface area contributed by atoms with Gasteiger partial charge in [0.15, 0.2) is 0 Å². The number of amides is 1. The van der Waals surface area contributed by atoms with Gasteiger partial charge < -0.3 is 14.8 Å². The molecular weight excluding hydrogens is 416 g/mol. The minimum absolute atomic E-state index is 0.196. The number of anilines is 1. The second kappa shape index (κ2) is 9.84. The molecule has 2 rings (SSSR count). The molecule has 2 aromatic carbocycles. The van der Waals surface area contributed by atoms with Gasteiger partial charge in [-0.1, -0.05) is 23.7 Å². The fourth-order valence-electron chi connectivity index (χ4n) is 2.81. The van der Waals surface area contributed by atoms with Gasteiger partial charge in [-0.3, -0.25) is 9.10 Å². The quantitative estimate of drug-likeness (QED) is 0.606. The molecule has 0 heterocycles. The molecular formula is C20H25ClN2O5S. The molecule has 0 aliphatic heterocycles. The Bertz CT molecular complexity index is 965. The fourth-order valence-corrected chi connectivity index (χ4v) is 4.15. The van der Waals surface area contributed by atoms with E-state index in [0.29, 0.717) is 16.5 Å². The van der Waals surface area contributed by atoms with Crippen molar-refractivity contribution in [1.82, 2.24) is 5.32 Å². The second-order valence-electron chi connectivity index (χ2n) is 6.51. The van der Waals surface area contributed by atoms with E-state index < -0.39 is 22.0 Å². The van der Waals surface area contributed by atoms with E-state index in [2.05, 4.69) is 5.32 Å². The predicted molar refractivity (Wildman–Crippen MR) is 114 cm³/mol. The summed E-state index contributed by atoms with van der Waals surface area (Å²) < 4.78 is 36.7. The van der Waals surface area contributed by atoms with Crippen LogP contribution in [0.3, 0.4) is 0 Å². The van der Waals surface area contributed by atoms with Gasteiger partial charge in [-0.2, -0.15) is 0 Å². The van der Waals surface area contributed by atoms with Crippen molar-refractivity contribution in [3.05, 3.63) is 53.1 Å². The van der Waals surface area contributed by atoms with Gasteiger partial charge in [-0.15, -0.1) is 0 Å². The molecule has 0 aromatic heterocycles. The first kappa shape index (κ1) is 22.8. The van der Waals surface area contributed by atoms with Crippen molar-refractivity contribution < 1.29 is 22.7 Å². The van der Waals surface area contributed by atoms with E-state index in [1.165, 1.54) is 20.1 Å². The molecule has 0 radical (unpaired) electrons. The lowest BCUT2D eigenvalue weighted by Crippen LogP contribution is -2.48. The van der Waals surface area contributed by atoms with Crippen molar-refractivity contribution in [2.45, 2.75) is 19.9 Å². The number of ether oxygens (including phenoxy) is 2. The highest BCUT2D eigenvalue weighted by Crippen LogP contribution is 2.34. The Hall–Kier alpha value is -2.45. The number of benzene rings is 2. The molecule has 29 heavy (non-hydrogen) atoms. The van der Waals surface area contributed by atoms with Crippen LogP contribution in [0.1, 0.15) is 12.5 Å². The van der Waals surface area contributed by atoms with Crippen molar-refractivity contribution >= 4 is 33.2 Å². The summed E-state index contributed by atoms with van der Waals surface area (Å²) in [6, 6.07) is 11.1. The number of halogens is 1. The van der Waals surface area contributed by atoms with Crippen LogP contribution in [-0.4, -0.2) is 46.9 Å². The van der Waals surface area contributed by atoms with Crippen molar-refractivity contribution in [3.8, 4) is 11.5 Å². The number of carbonyl (C=O) groups is 1. The molecule has 158 valence electrons. The lowest BCUT2D eigenvalue weighted by atomic mass is 10.2. The number of nitrogens with one attached hydrogen (secondary N) is 1. The average Bonchev–Trinajstić information content (AvgIpc) is 2.64. The molecule has 1 amide bonds. The van der Waals surface area contributed by atoms with Crippen molar-refractivity contribution in [1.29, 1.82) is 0 Å². The minimum atomic E-state index is -3.79. The van der Waals surface area contributed by atoms with Crippen LogP contribution < -0.4 is 19.1 Å². The number of nitrogens with zero attached hydrogens (tertiary/aromatic N) is 1. The second-order valence-corrected chi connectivity index (χ2v) is 8.80. The fraction of sp³-hybridized carbons (Fsp3) is 0.350. The topological polar surface area (TPSA) is 84.9 Å². The third kappa shape index (κ3) is 6.27. The maximum Gasteiger partial charge on any atom is 0.243 e. The zero-order valence-corrected chi connectivity index (χ0v) is 18.4. The SMILES string of the molecule is COc1ccc(Cl)cc1N(C(C)C(=O)NCCOc1cccc(C)c1)S(C)(=O)=O. The first-order valence-corrected chi connectivity index (χ1v) is 11.2. The summed E-state index contributed by atoms with van der Waals surface area (Å²) in [6.45, 7) is 3.93. The molecule has 7 nitrogen and oxygen atoms in total. The zero-order valence-electron chi connectivity index (χ0n) is 16.8. The van der Waals surface area contributed by atoms with Crippen LogP contribution in [-0.2, 0) is 14.8 Å². The number of carbonyl (C=O) groups excluding carboxylic acids is 1. The Morgan fingerprint density at radius 1 is 1.24 bits per heavy atom. The van der Waals surface area contributed by atoms with Crippen LogP contribution in [0.25, 0.3) is 0 Å². The summed E-state index contributed by atoms with van der Waals surface area (Å²) in [7, 11) is -2.37. The summed E-state index contributed by atoms with van der Waals surface area (Å²) in [6.07, 6.45) is 1.03. The van der Waals surface area contributed by atoms with Gasteiger partial charge in [0.1, 0.15) is 24.1 Å². The Balaban J connectivity index is 2.08. The highest BCUT2D eigenvalue weighted by molar-refractivity contribution is 7.92. The summed E-state index contributed by atoms with van der Waals surface area (Å²) in [5, 5.41) is 3.03. The number of aryl methyl sites for hydroxylation is 1. The third-order valence-corrected chi connectivity index (χ3v) is 5.59. The molecule has 1 unspecified atom stereocenters. The lowest BCUT2D eigenvalue weighted by Gasteiger charge is -2.29. The Morgan fingerprint density at radius 2 is 1.97 bits per heavy atom. The van der Waals surface area contributed by atoms with Gasteiger partial charge in [0, 0.05) is 5.02 Å². The molecule has 0 saturated heterocycles. The lowest BCUT2D eigenvalue weighted by molar-refractivity contribution is -0.121. The van der Waals surface area contributed by atoms with Gasteiger partial charge >= 0.3 is 0 Å².